The molecule has 0 radical (unpaired) electrons. The Morgan fingerprint density at radius 2 is 2.00 bits per heavy atom. The highest BCUT2D eigenvalue weighted by molar-refractivity contribution is 7.13. The minimum atomic E-state index is 0.590. The first-order valence-electron chi connectivity index (χ1n) is 6.07. The summed E-state index contributed by atoms with van der Waals surface area (Å²) in [5, 5.41) is 10.8. The van der Waals surface area contributed by atoms with E-state index in [0.717, 1.165) is 16.3 Å². The molecule has 0 N–H and O–H groups in total. The summed E-state index contributed by atoms with van der Waals surface area (Å²) in [5.74, 6) is 1.29. The Hall–Kier alpha value is -2.54. The van der Waals surface area contributed by atoms with Gasteiger partial charge in [-0.1, -0.05) is 6.07 Å². The second-order valence-corrected chi connectivity index (χ2v) is 5.24. The molecule has 7 heteroatoms. The third-order valence-electron chi connectivity index (χ3n) is 3.07. The van der Waals surface area contributed by atoms with Gasteiger partial charge in [0.2, 0.25) is 0 Å². The van der Waals surface area contributed by atoms with Crippen LogP contribution in [0.25, 0.3) is 27.9 Å². The molecule has 4 aromatic heterocycles. The zero-order chi connectivity index (χ0) is 13.5. The maximum atomic E-state index is 4.56. The number of hydrogen-bond acceptors (Lipinski definition) is 5. The third kappa shape index (κ3) is 1.64. The van der Waals surface area contributed by atoms with E-state index in [-0.39, 0.29) is 0 Å². The van der Waals surface area contributed by atoms with Crippen LogP contribution in [0.4, 0.5) is 0 Å². The molecule has 20 heavy (non-hydrogen) atoms. The van der Waals surface area contributed by atoms with Gasteiger partial charge in [0.1, 0.15) is 0 Å². The fraction of sp³-hybridized carbons (Fsp3) is 0.0769. The van der Waals surface area contributed by atoms with Crippen molar-refractivity contribution in [3.8, 4) is 22.1 Å². The summed E-state index contributed by atoms with van der Waals surface area (Å²) in [6, 6.07) is 7.85. The fourth-order valence-corrected chi connectivity index (χ4v) is 2.78. The van der Waals surface area contributed by atoms with Gasteiger partial charge < -0.3 is 0 Å². The average molecular weight is 282 g/mol. The molecule has 0 bridgehead atoms. The van der Waals surface area contributed by atoms with E-state index >= 15 is 0 Å². The van der Waals surface area contributed by atoms with Crippen molar-refractivity contribution in [1.29, 1.82) is 0 Å². The van der Waals surface area contributed by atoms with E-state index in [1.807, 2.05) is 36.7 Å². The summed E-state index contributed by atoms with van der Waals surface area (Å²) in [4.78, 5) is 9.79. The Balaban J connectivity index is 1.97. The largest absolute Gasteiger partial charge is 0.266 e. The van der Waals surface area contributed by atoms with E-state index in [1.165, 1.54) is 0 Å². The standard InChI is InChI=1S/C13H10N6S/c1-18-9(5-7-15-18)10-4-6-14-13-16-12(17-19(10)13)11-3-2-8-20-11/h2-8H,1H3. The second kappa shape index (κ2) is 4.24. The number of hydrogen-bond donors (Lipinski definition) is 0. The highest BCUT2D eigenvalue weighted by Crippen LogP contribution is 2.24. The Morgan fingerprint density at radius 1 is 1.10 bits per heavy atom. The molecule has 0 aliphatic rings. The van der Waals surface area contributed by atoms with Crippen LogP contribution < -0.4 is 0 Å². The molecule has 6 nitrogen and oxygen atoms in total. The van der Waals surface area contributed by atoms with Crippen molar-refractivity contribution in [3.63, 3.8) is 0 Å². The Labute approximate surface area is 118 Å². The van der Waals surface area contributed by atoms with Gasteiger partial charge >= 0.3 is 0 Å². The summed E-state index contributed by atoms with van der Waals surface area (Å²) in [6.07, 6.45) is 3.50. The van der Waals surface area contributed by atoms with E-state index in [9.17, 15) is 0 Å². The average Bonchev–Trinajstić information content (AvgIpc) is 3.17. The quantitative estimate of drug-likeness (QED) is 0.566. The highest BCUT2D eigenvalue weighted by Gasteiger charge is 2.13. The predicted octanol–water partition coefficient (Wildman–Crippen LogP) is 2.25. The molecule has 4 aromatic rings. The van der Waals surface area contributed by atoms with Crippen LogP contribution >= 0.6 is 11.3 Å². The summed E-state index contributed by atoms with van der Waals surface area (Å²) < 4.78 is 3.56. The smallest absolute Gasteiger partial charge is 0.253 e. The number of fused-ring (bicyclic) bond motifs is 1. The predicted molar refractivity (Wildman–Crippen MR) is 76.3 cm³/mol. The van der Waals surface area contributed by atoms with E-state index in [0.29, 0.717) is 11.6 Å². The van der Waals surface area contributed by atoms with Crippen LogP contribution in [-0.4, -0.2) is 29.4 Å². The molecule has 0 unspecified atom stereocenters. The van der Waals surface area contributed by atoms with Crippen LogP contribution in [0.15, 0.2) is 42.0 Å². The van der Waals surface area contributed by atoms with Crippen molar-refractivity contribution in [2.75, 3.05) is 0 Å². The van der Waals surface area contributed by atoms with Gasteiger partial charge in [-0.2, -0.15) is 14.6 Å². The molecule has 0 amide bonds. The normalized spacial score (nSPS) is 11.2. The molecule has 4 rings (SSSR count). The van der Waals surface area contributed by atoms with Crippen molar-refractivity contribution in [1.82, 2.24) is 29.4 Å². The molecule has 4 heterocycles. The van der Waals surface area contributed by atoms with Crippen molar-refractivity contribution >= 4 is 17.1 Å². The van der Waals surface area contributed by atoms with Crippen LogP contribution in [0.5, 0.6) is 0 Å². The van der Waals surface area contributed by atoms with Crippen molar-refractivity contribution in [2.24, 2.45) is 7.05 Å². The van der Waals surface area contributed by atoms with Crippen molar-refractivity contribution < 1.29 is 0 Å². The minimum Gasteiger partial charge on any atom is -0.266 e. The van der Waals surface area contributed by atoms with E-state index in [2.05, 4.69) is 20.2 Å². The van der Waals surface area contributed by atoms with Crippen molar-refractivity contribution in [2.45, 2.75) is 0 Å². The lowest BCUT2D eigenvalue weighted by Gasteiger charge is -2.03. The Bertz CT molecular complexity index is 873. The first-order chi connectivity index (χ1) is 9.83. The lowest BCUT2D eigenvalue weighted by molar-refractivity contribution is 0.767. The van der Waals surface area contributed by atoms with Crippen LogP contribution in [0, 0.1) is 0 Å². The summed E-state index contributed by atoms with van der Waals surface area (Å²) in [5.41, 5.74) is 1.89. The number of rotatable bonds is 2. The van der Waals surface area contributed by atoms with Gasteiger partial charge in [0.25, 0.3) is 5.78 Å². The number of thiophene rings is 1. The van der Waals surface area contributed by atoms with Gasteiger partial charge in [0, 0.05) is 19.4 Å². The lowest BCUT2D eigenvalue weighted by atomic mass is 10.3. The zero-order valence-electron chi connectivity index (χ0n) is 10.6. The molecule has 0 aliphatic heterocycles. The maximum absolute atomic E-state index is 4.56. The summed E-state index contributed by atoms with van der Waals surface area (Å²) in [7, 11) is 1.90. The number of aryl methyl sites for hydroxylation is 1. The third-order valence-corrected chi connectivity index (χ3v) is 3.93. The topological polar surface area (TPSA) is 60.9 Å². The highest BCUT2D eigenvalue weighted by atomic mass is 32.1. The van der Waals surface area contributed by atoms with E-state index in [4.69, 9.17) is 0 Å². The van der Waals surface area contributed by atoms with Gasteiger partial charge in [-0.05, 0) is 23.6 Å². The molecule has 0 fully saturated rings. The van der Waals surface area contributed by atoms with Crippen LogP contribution in [0.2, 0.25) is 0 Å². The second-order valence-electron chi connectivity index (χ2n) is 4.29. The van der Waals surface area contributed by atoms with Crippen LogP contribution in [-0.2, 0) is 7.05 Å². The Morgan fingerprint density at radius 3 is 2.75 bits per heavy atom. The molecule has 0 saturated heterocycles. The van der Waals surface area contributed by atoms with Crippen molar-refractivity contribution in [3.05, 3.63) is 42.0 Å². The van der Waals surface area contributed by atoms with Gasteiger partial charge in [-0.25, -0.2) is 4.98 Å². The molecule has 0 aliphatic carbocycles. The van der Waals surface area contributed by atoms with Gasteiger partial charge in [0.15, 0.2) is 5.82 Å². The molecule has 0 saturated carbocycles. The monoisotopic (exact) mass is 282 g/mol. The lowest BCUT2D eigenvalue weighted by Crippen LogP contribution is -2.00. The summed E-state index contributed by atoms with van der Waals surface area (Å²) in [6.45, 7) is 0. The molecular formula is C13H10N6S. The Kier molecular flexibility index (Phi) is 2.40. The van der Waals surface area contributed by atoms with Gasteiger partial charge in [0.05, 0.1) is 16.3 Å². The molecule has 0 aromatic carbocycles. The molecule has 0 spiro atoms. The molecular weight excluding hydrogens is 272 g/mol. The van der Waals surface area contributed by atoms with Crippen LogP contribution in [0.1, 0.15) is 0 Å². The summed E-state index contributed by atoms with van der Waals surface area (Å²) >= 11 is 1.61. The molecule has 98 valence electrons. The van der Waals surface area contributed by atoms with E-state index < -0.39 is 0 Å². The fourth-order valence-electron chi connectivity index (χ4n) is 2.12. The van der Waals surface area contributed by atoms with Gasteiger partial charge in [-0.3, -0.25) is 4.68 Å². The van der Waals surface area contributed by atoms with Gasteiger partial charge in [-0.15, -0.1) is 16.4 Å². The number of aromatic nitrogens is 6. The SMILES string of the molecule is Cn1nccc1-c1ccnc2nc(-c3cccs3)nn12. The van der Waals surface area contributed by atoms with Crippen LogP contribution in [0.3, 0.4) is 0 Å². The zero-order valence-corrected chi connectivity index (χ0v) is 11.4. The first kappa shape index (κ1) is 11.3. The number of nitrogens with zero attached hydrogens (tertiary/aromatic N) is 6. The van der Waals surface area contributed by atoms with E-state index in [1.54, 1.807) is 32.9 Å². The first-order valence-corrected chi connectivity index (χ1v) is 6.95. The molecule has 0 atom stereocenters. The maximum Gasteiger partial charge on any atom is 0.253 e. The minimum absolute atomic E-state index is 0.590.